The smallest absolute Gasteiger partial charge is 0.382 e. The van der Waals surface area contributed by atoms with Crippen LogP contribution in [0, 0.1) is 0 Å². The fraction of sp³-hybridized carbons (Fsp3) is 0.364. The fourth-order valence-electron chi connectivity index (χ4n) is 1.15. The number of ketones is 1. The molecule has 6 heteroatoms. The lowest BCUT2D eigenvalue weighted by molar-refractivity contribution is -0.198. The molecule has 1 aromatic carbocycles. The zero-order chi connectivity index (χ0) is 13.1. The maximum atomic E-state index is 12.0. The number of rotatable bonds is 4. The van der Waals surface area contributed by atoms with Gasteiger partial charge >= 0.3 is 6.18 Å². The number of nitrogens with one attached hydrogen (secondary N) is 1. The summed E-state index contributed by atoms with van der Waals surface area (Å²) in [4.78, 5) is 10.9. The van der Waals surface area contributed by atoms with Gasteiger partial charge in [-0.1, -0.05) is 0 Å². The molecule has 0 spiro atoms. The lowest BCUT2D eigenvalue weighted by Gasteiger charge is -2.15. The van der Waals surface area contributed by atoms with Crippen molar-refractivity contribution in [3.05, 3.63) is 29.8 Å². The summed E-state index contributed by atoms with van der Waals surface area (Å²) in [6.45, 7) is 0.777. The van der Waals surface area contributed by atoms with Crippen molar-refractivity contribution in [2.24, 2.45) is 0 Å². The quantitative estimate of drug-likeness (QED) is 0.802. The van der Waals surface area contributed by atoms with Crippen LogP contribution >= 0.6 is 0 Å². The minimum absolute atomic E-state index is 0.119. The number of aliphatic hydroxyl groups is 1. The molecular formula is C11H12F3NO2. The number of Topliss-reactive ketones (excluding diaryl/α,β-unsaturated/α-hetero) is 1. The summed E-state index contributed by atoms with van der Waals surface area (Å²) < 4.78 is 36.0. The van der Waals surface area contributed by atoms with Crippen molar-refractivity contribution in [1.82, 2.24) is 0 Å². The number of benzene rings is 1. The number of carbonyl (C=O) groups is 1. The van der Waals surface area contributed by atoms with E-state index in [1.54, 1.807) is 0 Å². The number of halogens is 3. The molecule has 0 radical (unpaired) electrons. The Labute approximate surface area is 96.3 Å². The third-order valence-electron chi connectivity index (χ3n) is 2.17. The summed E-state index contributed by atoms with van der Waals surface area (Å²) in [5.74, 6) is -0.119. The van der Waals surface area contributed by atoms with Crippen LogP contribution in [0.4, 0.5) is 18.9 Å². The molecule has 0 bridgehead atoms. The van der Waals surface area contributed by atoms with E-state index in [9.17, 15) is 18.0 Å². The van der Waals surface area contributed by atoms with Crippen LogP contribution in [0.5, 0.6) is 0 Å². The minimum atomic E-state index is -4.63. The predicted molar refractivity (Wildman–Crippen MR) is 57.0 cm³/mol. The van der Waals surface area contributed by atoms with Crippen molar-refractivity contribution in [1.29, 1.82) is 0 Å². The van der Waals surface area contributed by atoms with E-state index >= 15 is 0 Å². The van der Waals surface area contributed by atoms with Crippen molar-refractivity contribution < 1.29 is 23.1 Å². The first-order valence-electron chi connectivity index (χ1n) is 4.90. The number of carbonyl (C=O) groups excluding carboxylic acids is 1. The van der Waals surface area contributed by atoms with Crippen LogP contribution < -0.4 is 5.32 Å². The number of alkyl halides is 3. The van der Waals surface area contributed by atoms with Crippen LogP contribution in [0.15, 0.2) is 24.3 Å². The molecule has 0 saturated heterocycles. The average Bonchev–Trinajstić information content (AvgIpc) is 2.25. The van der Waals surface area contributed by atoms with Crippen LogP contribution in [0.25, 0.3) is 0 Å². The summed E-state index contributed by atoms with van der Waals surface area (Å²) in [6.07, 6.45) is -7.04. The number of aliphatic hydroxyl groups excluding tert-OH is 1. The molecule has 0 saturated carbocycles. The third-order valence-corrected chi connectivity index (χ3v) is 2.17. The van der Waals surface area contributed by atoms with Gasteiger partial charge in [-0.2, -0.15) is 13.2 Å². The van der Waals surface area contributed by atoms with Crippen molar-refractivity contribution >= 4 is 11.5 Å². The number of anilines is 1. The fourth-order valence-corrected chi connectivity index (χ4v) is 1.15. The summed E-state index contributed by atoms with van der Waals surface area (Å²) in [7, 11) is 0. The van der Waals surface area contributed by atoms with Crippen molar-refractivity contribution in [2.75, 3.05) is 11.9 Å². The molecule has 0 aromatic heterocycles. The Kier molecular flexibility index (Phi) is 4.11. The molecule has 1 rings (SSSR count). The molecule has 1 atom stereocenters. The zero-order valence-corrected chi connectivity index (χ0v) is 9.08. The maximum Gasteiger partial charge on any atom is 0.416 e. The van der Waals surface area contributed by atoms with Gasteiger partial charge < -0.3 is 10.4 Å². The first-order valence-corrected chi connectivity index (χ1v) is 4.90. The third kappa shape index (κ3) is 4.07. The van der Waals surface area contributed by atoms with Crippen molar-refractivity contribution in [3.8, 4) is 0 Å². The Morgan fingerprint density at radius 2 is 1.88 bits per heavy atom. The van der Waals surface area contributed by atoms with Crippen LogP contribution in [0.3, 0.4) is 0 Å². The van der Waals surface area contributed by atoms with Gasteiger partial charge in [0.05, 0.1) is 0 Å². The molecular weight excluding hydrogens is 235 g/mol. The van der Waals surface area contributed by atoms with Crippen molar-refractivity contribution in [3.63, 3.8) is 0 Å². The molecule has 0 amide bonds. The normalized spacial score (nSPS) is 13.2. The molecule has 2 N–H and O–H groups in total. The Balaban J connectivity index is 2.56. The average molecular weight is 247 g/mol. The predicted octanol–water partition coefficient (Wildman–Crippen LogP) is 2.22. The van der Waals surface area contributed by atoms with Crippen LogP contribution in [0.1, 0.15) is 17.3 Å². The van der Waals surface area contributed by atoms with E-state index < -0.39 is 18.8 Å². The highest BCUT2D eigenvalue weighted by Crippen LogP contribution is 2.20. The second kappa shape index (κ2) is 5.18. The first kappa shape index (κ1) is 13.5. The van der Waals surface area contributed by atoms with Crippen LogP contribution in [0.2, 0.25) is 0 Å². The summed E-state index contributed by atoms with van der Waals surface area (Å²) in [5, 5.41) is 11.2. The summed E-state index contributed by atoms with van der Waals surface area (Å²) >= 11 is 0. The lowest BCUT2D eigenvalue weighted by Crippen LogP contribution is -2.34. The molecule has 0 heterocycles. The van der Waals surface area contributed by atoms with E-state index in [0.717, 1.165) is 0 Å². The highest BCUT2D eigenvalue weighted by Gasteiger charge is 2.37. The van der Waals surface area contributed by atoms with Crippen molar-refractivity contribution in [2.45, 2.75) is 19.2 Å². The maximum absolute atomic E-state index is 12.0. The second-order valence-electron chi connectivity index (χ2n) is 3.57. The Morgan fingerprint density at radius 1 is 1.35 bits per heavy atom. The summed E-state index contributed by atoms with van der Waals surface area (Å²) in [6, 6.07) is 5.98. The molecule has 0 aliphatic heterocycles. The summed E-state index contributed by atoms with van der Waals surface area (Å²) in [5.41, 5.74) is 0.894. The lowest BCUT2D eigenvalue weighted by atomic mass is 10.1. The standard InChI is InChI=1S/C11H12F3NO2/c1-7(16)8-2-4-9(5-3-8)15-6-10(17)11(12,13)14/h2-5,10,15,17H,6H2,1H3. The Morgan fingerprint density at radius 3 is 2.29 bits per heavy atom. The molecule has 0 aliphatic rings. The first-order chi connectivity index (χ1) is 7.80. The van der Waals surface area contributed by atoms with Gasteiger partial charge in [0.25, 0.3) is 0 Å². The zero-order valence-electron chi connectivity index (χ0n) is 9.08. The van der Waals surface area contributed by atoms with Crippen LogP contribution in [-0.2, 0) is 0 Å². The van der Waals surface area contributed by atoms with Gasteiger partial charge in [-0.3, -0.25) is 4.79 Å². The molecule has 17 heavy (non-hydrogen) atoms. The minimum Gasteiger partial charge on any atom is -0.382 e. The van der Waals surface area contributed by atoms with E-state index in [1.807, 2.05) is 0 Å². The van der Waals surface area contributed by atoms with Gasteiger partial charge in [-0.25, -0.2) is 0 Å². The van der Waals surface area contributed by atoms with Gasteiger partial charge in [0, 0.05) is 17.8 Å². The molecule has 0 fully saturated rings. The highest BCUT2D eigenvalue weighted by atomic mass is 19.4. The van der Waals surface area contributed by atoms with E-state index in [2.05, 4.69) is 5.32 Å². The van der Waals surface area contributed by atoms with E-state index in [1.165, 1.54) is 31.2 Å². The molecule has 0 aliphatic carbocycles. The molecule has 94 valence electrons. The second-order valence-corrected chi connectivity index (χ2v) is 3.57. The SMILES string of the molecule is CC(=O)c1ccc(NCC(O)C(F)(F)F)cc1. The molecule has 1 unspecified atom stereocenters. The monoisotopic (exact) mass is 247 g/mol. The van der Waals surface area contributed by atoms with E-state index in [-0.39, 0.29) is 5.78 Å². The van der Waals surface area contributed by atoms with Gasteiger partial charge in [-0.05, 0) is 31.2 Å². The van der Waals surface area contributed by atoms with Gasteiger partial charge in [-0.15, -0.1) is 0 Å². The largest absolute Gasteiger partial charge is 0.416 e. The van der Waals surface area contributed by atoms with E-state index in [0.29, 0.717) is 11.3 Å². The van der Waals surface area contributed by atoms with Gasteiger partial charge in [0.15, 0.2) is 11.9 Å². The number of hydrogen-bond donors (Lipinski definition) is 2. The molecule has 1 aromatic rings. The van der Waals surface area contributed by atoms with E-state index in [4.69, 9.17) is 5.11 Å². The van der Waals surface area contributed by atoms with Gasteiger partial charge in [0.1, 0.15) is 0 Å². The Hall–Kier alpha value is -1.56. The highest BCUT2D eigenvalue weighted by molar-refractivity contribution is 5.94. The Bertz CT molecular complexity index is 387. The van der Waals surface area contributed by atoms with Gasteiger partial charge in [0.2, 0.25) is 0 Å². The van der Waals surface area contributed by atoms with Crippen LogP contribution in [-0.4, -0.2) is 29.7 Å². The molecule has 3 nitrogen and oxygen atoms in total. The number of hydrogen-bond acceptors (Lipinski definition) is 3. The topological polar surface area (TPSA) is 49.3 Å².